The van der Waals surface area contributed by atoms with Crippen molar-refractivity contribution in [2.75, 3.05) is 7.05 Å². The predicted octanol–water partition coefficient (Wildman–Crippen LogP) is 3.02. The third kappa shape index (κ3) is 3.75. The molecule has 6 nitrogen and oxygen atoms in total. The standard InChI is InChI=1S/C21H28N4O2/c1-5-15-16(6-2)19(15)23-21(27)18-12-17(20(26)22-4)24-25(18)13(3)14-10-8-7-9-11-14/h7-13,15-16,19H,5-6H2,1-4H3,(H,22,26)(H,23,27). The molecule has 0 radical (unpaired) electrons. The predicted molar refractivity (Wildman–Crippen MR) is 105 cm³/mol. The molecule has 1 heterocycles. The molecule has 3 atom stereocenters. The Hall–Kier alpha value is -2.63. The highest BCUT2D eigenvalue weighted by molar-refractivity contribution is 5.98. The average Bonchev–Trinajstić information content (AvgIpc) is 3.18. The second-order valence-corrected chi connectivity index (χ2v) is 7.17. The van der Waals surface area contributed by atoms with E-state index in [0.717, 1.165) is 18.4 Å². The number of carbonyl (C=O) groups excluding carboxylic acids is 2. The zero-order valence-electron chi connectivity index (χ0n) is 16.4. The highest BCUT2D eigenvalue weighted by atomic mass is 16.2. The van der Waals surface area contributed by atoms with Gasteiger partial charge in [-0.15, -0.1) is 0 Å². The summed E-state index contributed by atoms with van der Waals surface area (Å²) in [6, 6.07) is 11.5. The van der Waals surface area contributed by atoms with E-state index in [2.05, 4.69) is 29.6 Å². The lowest BCUT2D eigenvalue weighted by molar-refractivity contribution is 0.0932. The van der Waals surface area contributed by atoms with Crippen LogP contribution in [0, 0.1) is 11.8 Å². The van der Waals surface area contributed by atoms with Crippen LogP contribution in [0.3, 0.4) is 0 Å². The van der Waals surface area contributed by atoms with Gasteiger partial charge in [-0.1, -0.05) is 57.0 Å². The number of benzene rings is 1. The first-order chi connectivity index (χ1) is 13.0. The summed E-state index contributed by atoms with van der Waals surface area (Å²) in [6.45, 7) is 6.30. The molecule has 1 fully saturated rings. The number of rotatable bonds is 7. The van der Waals surface area contributed by atoms with Crippen molar-refractivity contribution in [3.05, 3.63) is 53.3 Å². The summed E-state index contributed by atoms with van der Waals surface area (Å²) in [6.07, 6.45) is 2.12. The lowest BCUT2D eigenvalue weighted by Crippen LogP contribution is -2.30. The number of aromatic nitrogens is 2. The summed E-state index contributed by atoms with van der Waals surface area (Å²) in [4.78, 5) is 25.1. The molecule has 1 aromatic heterocycles. The van der Waals surface area contributed by atoms with Crippen LogP contribution in [0.15, 0.2) is 36.4 Å². The lowest BCUT2D eigenvalue weighted by Gasteiger charge is -2.16. The molecule has 144 valence electrons. The molecule has 2 N–H and O–H groups in total. The molecular weight excluding hydrogens is 340 g/mol. The molecule has 1 aromatic carbocycles. The normalized spacial score (nSPS) is 22.1. The van der Waals surface area contributed by atoms with Gasteiger partial charge in [0.25, 0.3) is 11.8 Å². The molecular formula is C21H28N4O2. The first-order valence-electron chi connectivity index (χ1n) is 9.69. The molecule has 0 spiro atoms. The minimum absolute atomic E-state index is 0.159. The summed E-state index contributed by atoms with van der Waals surface area (Å²) < 4.78 is 1.65. The summed E-state index contributed by atoms with van der Waals surface area (Å²) in [7, 11) is 1.56. The number of nitrogens with zero attached hydrogens (tertiary/aromatic N) is 2. The average molecular weight is 368 g/mol. The molecule has 0 bridgehead atoms. The quantitative estimate of drug-likeness (QED) is 0.789. The van der Waals surface area contributed by atoms with Gasteiger partial charge in [-0.25, -0.2) is 0 Å². The van der Waals surface area contributed by atoms with Gasteiger partial charge < -0.3 is 10.6 Å². The number of carbonyl (C=O) groups is 2. The van der Waals surface area contributed by atoms with Gasteiger partial charge in [0.05, 0.1) is 6.04 Å². The third-order valence-corrected chi connectivity index (χ3v) is 5.65. The highest BCUT2D eigenvalue weighted by Gasteiger charge is 2.48. The molecule has 3 unspecified atom stereocenters. The second kappa shape index (κ2) is 7.94. The molecule has 0 aliphatic heterocycles. The van der Waals surface area contributed by atoms with Gasteiger partial charge >= 0.3 is 0 Å². The van der Waals surface area contributed by atoms with Crippen LogP contribution in [-0.2, 0) is 0 Å². The SMILES string of the molecule is CCC1C(CC)C1NC(=O)c1cc(C(=O)NC)nn1C(C)c1ccccc1. The fraction of sp³-hybridized carbons (Fsp3) is 0.476. The van der Waals surface area contributed by atoms with E-state index in [-0.39, 0.29) is 29.6 Å². The van der Waals surface area contributed by atoms with Crippen LogP contribution in [0.2, 0.25) is 0 Å². The van der Waals surface area contributed by atoms with Gasteiger partial charge in [-0.05, 0) is 24.3 Å². The number of amides is 2. The minimum atomic E-state index is -0.299. The van der Waals surface area contributed by atoms with E-state index in [1.807, 2.05) is 37.3 Å². The molecule has 2 aromatic rings. The van der Waals surface area contributed by atoms with Gasteiger partial charge in [0.2, 0.25) is 0 Å². The monoisotopic (exact) mass is 368 g/mol. The lowest BCUT2D eigenvalue weighted by atomic mass is 10.1. The Morgan fingerprint density at radius 2 is 1.74 bits per heavy atom. The zero-order valence-corrected chi connectivity index (χ0v) is 16.4. The van der Waals surface area contributed by atoms with E-state index in [4.69, 9.17) is 0 Å². The van der Waals surface area contributed by atoms with Crippen molar-refractivity contribution in [3.63, 3.8) is 0 Å². The van der Waals surface area contributed by atoms with Gasteiger partial charge in [0, 0.05) is 19.2 Å². The van der Waals surface area contributed by atoms with Crippen LogP contribution in [-0.4, -0.2) is 34.7 Å². The Morgan fingerprint density at radius 3 is 2.30 bits per heavy atom. The van der Waals surface area contributed by atoms with E-state index in [9.17, 15) is 9.59 Å². The molecule has 0 saturated heterocycles. The van der Waals surface area contributed by atoms with Gasteiger partial charge in [-0.2, -0.15) is 5.10 Å². The fourth-order valence-electron chi connectivity index (χ4n) is 3.97. The fourth-order valence-corrected chi connectivity index (χ4v) is 3.97. The molecule has 3 rings (SSSR count). The Kier molecular flexibility index (Phi) is 5.63. The van der Waals surface area contributed by atoms with Crippen molar-refractivity contribution >= 4 is 11.8 Å². The number of nitrogens with one attached hydrogen (secondary N) is 2. The number of hydrogen-bond donors (Lipinski definition) is 2. The maximum absolute atomic E-state index is 13.0. The van der Waals surface area contributed by atoms with E-state index in [0.29, 0.717) is 17.5 Å². The Morgan fingerprint density at radius 1 is 1.11 bits per heavy atom. The van der Waals surface area contributed by atoms with Crippen LogP contribution < -0.4 is 10.6 Å². The largest absolute Gasteiger partial charge is 0.354 e. The highest BCUT2D eigenvalue weighted by Crippen LogP contribution is 2.44. The topological polar surface area (TPSA) is 76.0 Å². The van der Waals surface area contributed by atoms with Crippen LogP contribution in [0.25, 0.3) is 0 Å². The van der Waals surface area contributed by atoms with Crippen LogP contribution in [0.1, 0.15) is 66.2 Å². The van der Waals surface area contributed by atoms with Gasteiger partial charge in [-0.3, -0.25) is 14.3 Å². The third-order valence-electron chi connectivity index (χ3n) is 5.65. The molecule has 1 aliphatic rings. The smallest absolute Gasteiger partial charge is 0.271 e. The summed E-state index contributed by atoms with van der Waals surface area (Å²) >= 11 is 0. The van der Waals surface area contributed by atoms with Gasteiger partial charge in [0.1, 0.15) is 5.69 Å². The summed E-state index contributed by atoms with van der Waals surface area (Å²) in [5.41, 5.74) is 1.70. The van der Waals surface area contributed by atoms with Crippen LogP contribution in [0.4, 0.5) is 0 Å². The first kappa shape index (κ1) is 19.1. The van der Waals surface area contributed by atoms with Crippen molar-refractivity contribution in [1.82, 2.24) is 20.4 Å². The Labute approximate surface area is 160 Å². The second-order valence-electron chi connectivity index (χ2n) is 7.17. The zero-order chi connectivity index (χ0) is 19.6. The van der Waals surface area contributed by atoms with Crippen molar-refractivity contribution < 1.29 is 9.59 Å². The van der Waals surface area contributed by atoms with Crippen molar-refractivity contribution in [2.45, 2.75) is 45.7 Å². The molecule has 1 aliphatic carbocycles. The van der Waals surface area contributed by atoms with E-state index < -0.39 is 0 Å². The molecule has 6 heteroatoms. The van der Waals surface area contributed by atoms with Crippen LogP contribution >= 0.6 is 0 Å². The first-order valence-corrected chi connectivity index (χ1v) is 9.69. The van der Waals surface area contributed by atoms with E-state index in [1.54, 1.807) is 17.8 Å². The Balaban J connectivity index is 1.90. The van der Waals surface area contributed by atoms with E-state index >= 15 is 0 Å². The van der Waals surface area contributed by atoms with Crippen molar-refractivity contribution in [1.29, 1.82) is 0 Å². The summed E-state index contributed by atoms with van der Waals surface area (Å²) in [5, 5.41) is 10.2. The van der Waals surface area contributed by atoms with Gasteiger partial charge in [0.15, 0.2) is 5.69 Å². The van der Waals surface area contributed by atoms with E-state index in [1.165, 1.54) is 0 Å². The molecule has 1 saturated carbocycles. The Bertz CT molecular complexity index is 805. The van der Waals surface area contributed by atoms with Crippen molar-refractivity contribution in [2.24, 2.45) is 11.8 Å². The minimum Gasteiger partial charge on any atom is -0.354 e. The molecule has 2 amide bonds. The van der Waals surface area contributed by atoms with Crippen molar-refractivity contribution in [3.8, 4) is 0 Å². The van der Waals surface area contributed by atoms with Crippen LogP contribution in [0.5, 0.6) is 0 Å². The molecule has 27 heavy (non-hydrogen) atoms. The number of hydrogen-bond acceptors (Lipinski definition) is 3. The maximum atomic E-state index is 13.0. The summed E-state index contributed by atoms with van der Waals surface area (Å²) in [5.74, 6) is 0.618. The maximum Gasteiger partial charge on any atom is 0.271 e.